The van der Waals surface area contributed by atoms with Crippen LogP contribution in [0.3, 0.4) is 0 Å². The molecule has 0 unspecified atom stereocenters. The molecule has 1 saturated carbocycles. The third kappa shape index (κ3) is 7.82. The van der Waals surface area contributed by atoms with Gasteiger partial charge in [-0.05, 0) is 50.7 Å². The summed E-state index contributed by atoms with van der Waals surface area (Å²) in [4.78, 5) is 56.2. The van der Waals surface area contributed by atoms with Crippen LogP contribution in [0.1, 0.15) is 56.7 Å². The van der Waals surface area contributed by atoms with Crippen LogP contribution in [0, 0.1) is 6.92 Å². The lowest BCUT2D eigenvalue weighted by molar-refractivity contribution is -0.142. The molecule has 11 nitrogen and oxygen atoms in total. The average molecular weight is 605 g/mol. The molecular formula is C29H37FN4O7S. The Balaban J connectivity index is 1.39. The van der Waals surface area contributed by atoms with E-state index < -0.39 is 29.6 Å². The number of benzene rings is 1. The molecule has 3 amide bonds. The second kappa shape index (κ2) is 14.1. The van der Waals surface area contributed by atoms with Crippen molar-refractivity contribution in [2.24, 2.45) is 0 Å². The van der Waals surface area contributed by atoms with Crippen molar-refractivity contribution in [1.29, 1.82) is 0 Å². The van der Waals surface area contributed by atoms with Gasteiger partial charge in [0.2, 0.25) is 11.8 Å². The molecule has 1 saturated heterocycles. The van der Waals surface area contributed by atoms with Gasteiger partial charge < -0.3 is 30.1 Å². The standard InChI is InChI=1S/C29H37FN4O7S/c1-3-21(33-28(39)29(30)9-10-29)27(38)34-11-4-5-22(34)26(37)31-16-20-7-6-19(25-18(2)32-17-42-25)15-23(20)41-14-13-40-12-8-24(35)36/h6-7,15,17,21-22H,3-5,8-14,16H2,1-2H3,(H,31,37)(H,33,39)(H,35,36)/t21-,22-/m0/s1. The first-order valence-electron chi connectivity index (χ1n) is 14.2. The van der Waals surface area contributed by atoms with E-state index in [9.17, 15) is 23.6 Å². The second-order valence-electron chi connectivity index (χ2n) is 10.5. The molecule has 2 aromatic rings. The summed E-state index contributed by atoms with van der Waals surface area (Å²) >= 11 is 1.50. The number of aryl methyl sites for hydroxylation is 1. The number of thiazole rings is 1. The molecule has 13 heteroatoms. The lowest BCUT2D eigenvalue weighted by Crippen LogP contribution is -2.54. The molecule has 0 radical (unpaired) electrons. The number of carbonyl (C=O) groups excluding carboxylic acids is 3. The molecule has 228 valence electrons. The van der Waals surface area contributed by atoms with Gasteiger partial charge in [-0.3, -0.25) is 19.2 Å². The van der Waals surface area contributed by atoms with E-state index in [2.05, 4.69) is 15.6 Å². The Kier molecular flexibility index (Phi) is 10.5. The van der Waals surface area contributed by atoms with Gasteiger partial charge in [-0.2, -0.15) is 0 Å². The van der Waals surface area contributed by atoms with E-state index >= 15 is 0 Å². The van der Waals surface area contributed by atoms with Crippen LogP contribution in [0.2, 0.25) is 0 Å². The molecule has 2 heterocycles. The normalized spacial score (nSPS) is 17.9. The number of ether oxygens (including phenoxy) is 2. The van der Waals surface area contributed by atoms with Crippen molar-refractivity contribution >= 4 is 35.0 Å². The zero-order valence-electron chi connectivity index (χ0n) is 23.8. The van der Waals surface area contributed by atoms with E-state index in [-0.39, 0.29) is 63.9 Å². The Hall–Kier alpha value is -3.58. The molecular weight excluding hydrogens is 567 g/mol. The molecule has 1 aromatic carbocycles. The Bertz CT molecular complexity index is 1300. The van der Waals surface area contributed by atoms with Crippen LogP contribution in [0.25, 0.3) is 10.4 Å². The summed E-state index contributed by atoms with van der Waals surface area (Å²) in [7, 11) is 0. The highest BCUT2D eigenvalue weighted by atomic mass is 32.1. The summed E-state index contributed by atoms with van der Waals surface area (Å²) < 4.78 is 25.5. The minimum atomic E-state index is -1.88. The van der Waals surface area contributed by atoms with Gasteiger partial charge >= 0.3 is 5.97 Å². The zero-order chi connectivity index (χ0) is 30.3. The minimum Gasteiger partial charge on any atom is -0.491 e. The molecule has 1 aliphatic carbocycles. The molecule has 0 bridgehead atoms. The minimum absolute atomic E-state index is 0.0789. The third-order valence-electron chi connectivity index (χ3n) is 7.42. The van der Waals surface area contributed by atoms with E-state index in [4.69, 9.17) is 14.6 Å². The molecule has 4 rings (SSSR count). The van der Waals surface area contributed by atoms with Crippen molar-refractivity contribution < 1.29 is 38.1 Å². The van der Waals surface area contributed by atoms with Gasteiger partial charge in [-0.25, -0.2) is 9.37 Å². The highest BCUT2D eigenvalue weighted by Gasteiger charge is 2.52. The lowest BCUT2D eigenvalue weighted by atomic mass is 10.1. The molecule has 2 aliphatic rings. The smallest absolute Gasteiger partial charge is 0.305 e. The van der Waals surface area contributed by atoms with Gasteiger partial charge in [-0.1, -0.05) is 19.1 Å². The van der Waals surface area contributed by atoms with Crippen LogP contribution >= 0.6 is 11.3 Å². The first kappa shape index (κ1) is 31.4. The largest absolute Gasteiger partial charge is 0.491 e. The number of halogens is 1. The van der Waals surface area contributed by atoms with Gasteiger partial charge in [-0.15, -0.1) is 11.3 Å². The maximum atomic E-state index is 14.2. The number of nitrogens with one attached hydrogen (secondary N) is 2. The quantitative estimate of drug-likeness (QED) is 0.263. The summed E-state index contributed by atoms with van der Waals surface area (Å²) in [6.07, 6.45) is 1.63. The highest BCUT2D eigenvalue weighted by Crippen LogP contribution is 2.40. The van der Waals surface area contributed by atoms with Crippen LogP contribution < -0.4 is 15.4 Å². The summed E-state index contributed by atoms with van der Waals surface area (Å²) in [5.41, 5.74) is 2.39. The summed E-state index contributed by atoms with van der Waals surface area (Å²) in [5, 5.41) is 14.2. The fourth-order valence-corrected chi connectivity index (χ4v) is 5.60. The average Bonchev–Trinajstić information content (AvgIpc) is 3.33. The van der Waals surface area contributed by atoms with E-state index in [0.29, 0.717) is 30.7 Å². The topological polar surface area (TPSA) is 147 Å². The van der Waals surface area contributed by atoms with Crippen LogP contribution in [0.4, 0.5) is 4.39 Å². The lowest BCUT2D eigenvalue weighted by Gasteiger charge is -2.28. The second-order valence-corrected chi connectivity index (χ2v) is 11.4. The van der Waals surface area contributed by atoms with Crippen molar-refractivity contribution in [2.75, 3.05) is 26.4 Å². The van der Waals surface area contributed by atoms with Crippen LogP contribution in [0.5, 0.6) is 5.75 Å². The first-order valence-corrected chi connectivity index (χ1v) is 15.0. The van der Waals surface area contributed by atoms with Crippen molar-refractivity contribution in [3.63, 3.8) is 0 Å². The maximum absolute atomic E-state index is 14.2. The molecule has 1 aromatic heterocycles. The number of aliphatic carboxylic acids is 1. The molecule has 42 heavy (non-hydrogen) atoms. The number of hydrogen-bond donors (Lipinski definition) is 3. The van der Waals surface area contributed by atoms with Crippen LogP contribution in [0.15, 0.2) is 23.7 Å². The predicted octanol–water partition coefficient (Wildman–Crippen LogP) is 2.99. The van der Waals surface area contributed by atoms with Gasteiger partial charge in [0.05, 0.1) is 35.7 Å². The van der Waals surface area contributed by atoms with Crippen molar-refractivity contribution in [2.45, 2.75) is 76.7 Å². The van der Waals surface area contributed by atoms with Crippen LogP contribution in [-0.4, -0.2) is 82.8 Å². The number of aromatic nitrogens is 1. The first-order chi connectivity index (χ1) is 20.1. The van der Waals surface area contributed by atoms with Crippen molar-refractivity contribution in [3.8, 4) is 16.2 Å². The molecule has 2 fully saturated rings. The third-order valence-corrected chi connectivity index (χ3v) is 8.40. The van der Waals surface area contributed by atoms with Crippen molar-refractivity contribution in [3.05, 3.63) is 35.0 Å². The number of carbonyl (C=O) groups is 4. The Morgan fingerprint density at radius 1 is 1.24 bits per heavy atom. The van der Waals surface area contributed by atoms with Gasteiger partial charge in [0, 0.05) is 18.7 Å². The molecule has 2 atom stereocenters. The van der Waals surface area contributed by atoms with Crippen molar-refractivity contribution in [1.82, 2.24) is 20.5 Å². The number of amides is 3. The zero-order valence-corrected chi connectivity index (χ0v) is 24.6. The number of alkyl halides is 1. The Morgan fingerprint density at radius 2 is 2.02 bits per heavy atom. The summed E-state index contributed by atoms with van der Waals surface area (Å²) in [6.45, 7) is 4.64. The van der Waals surface area contributed by atoms with E-state index in [1.165, 1.54) is 16.2 Å². The number of likely N-dealkylation sites (tertiary alicyclic amines) is 1. The number of rotatable bonds is 15. The predicted molar refractivity (Wildman–Crippen MR) is 153 cm³/mol. The number of nitrogens with zero attached hydrogens (tertiary/aromatic N) is 2. The molecule has 3 N–H and O–H groups in total. The van der Waals surface area contributed by atoms with E-state index in [0.717, 1.165) is 16.1 Å². The van der Waals surface area contributed by atoms with Gasteiger partial charge in [0.15, 0.2) is 5.67 Å². The SMILES string of the molecule is CC[C@H](NC(=O)C1(F)CC1)C(=O)N1CCC[C@H]1C(=O)NCc1ccc(-c2scnc2C)cc1OCCOCCC(=O)O. The Labute approximate surface area is 247 Å². The monoisotopic (exact) mass is 604 g/mol. The molecule has 0 spiro atoms. The molecule has 1 aliphatic heterocycles. The Morgan fingerprint density at radius 3 is 2.69 bits per heavy atom. The van der Waals surface area contributed by atoms with Gasteiger partial charge in [0.1, 0.15) is 24.4 Å². The number of carboxylic acids is 1. The fraction of sp³-hybridized carbons (Fsp3) is 0.552. The fourth-order valence-electron chi connectivity index (χ4n) is 4.79. The maximum Gasteiger partial charge on any atom is 0.305 e. The highest BCUT2D eigenvalue weighted by molar-refractivity contribution is 7.13. The van der Waals surface area contributed by atoms with E-state index in [1.54, 1.807) is 12.4 Å². The van der Waals surface area contributed by atoms with Gasteiger partial charge in [0.25, 0.3) is 5.91 Å². The van der Waals surface area contributed by atoms with E-state index in [1.807, 2.05) is 25.1 Å². The van der Waals surface area contributed by atoms with Crippen LogP contribution in [-0.2, 0) is 30.5 Å². The number of carboxylic acid groups (broad SMARTS) is 1. The summed E-state index contributed by atoms with van der Waals surface area (Å²) in [5.74, 6) is -1.87. The summed E-state index contributed by atoms with van der Waals surface area (Å²) in [6, 6.07) is 4.07. The number of hydrogen-bond acceptors (Lipinski definition) is 8.